The lowest BCUT2D eigenvalue weighted by molar-refractivity contribution is -0.122. The Hall–Kier alpha value is -2.18. The molecule has 6 heteroatoms. The van der Waals surface area contributed by atoms with Crippen LogP contribution in [0.1, 0.15) is 12.0 Å². The highest BCUT2D eigenvalue weighted by Gasteiger charge is 2.35. The zero-order chi connectivity index (χ0) is 16.7. The molecule has 1 saturated heterocycles. The maximum absolute atomic E-state index is 12.0. The number of anilines is 1. The van der Waals surface area contributed by atoms with Crippen LogP contribution in [-0.4, -0.2) is 44.3 Å². The average molecular weight is 318 g/mol. The normalized spacial score (nSPS) is 20.0. The molecule has 2 N–H and O–H groups in total. The molecule has 0 radical (unpaired) electrons. The van der Waals surface area contributed by atoms with Crippen LogP contribution in [0.15, 0.2) is 36.9 Å². The fourth-order valence-electron chi connectivity index (χ4n) is 2.37. The average Bonchev–Trinajstić information content (AvgIpc) is 3.04. The molecule has 1 aliphatic heterocycles. The largest absolute Gasteiger partial charge is 0.378 e. The van der Waals surface area contributed by atoms with Crippen LogP contribution < -0.4 is 10.6 Å². The Kier molecular flexibility index (Phi) is 5.90. The maximum atomic E-state index is 12.0. The first-order chi connectivity index (χ1) is 11.1. The van der Waals surface area contributed by atoms with Gasteiger partial charge >= 0.3 is 0 Å². The van der Waals surface area contributed by atoms with Crippen molar-refractivity contribution < 1.29 is 19.1 Å². The summed E-state index contributed by atoms with van der Waals surface area (Å²) in [6.07, 6.45) is 2.26. The highest BCUT2D eigenvalue weighted by molar-refractivity contribution is 5.98. The van der Waals surface area contributed by atoms with Crippen LogP contribution in [0.2, 0.25) is 0 Å². The van der Waals surface area contributed by atoms with Crippen molar-refractivity contribution >= 4 is 17.5 Å². The topological polar surface area (TPSA) is 76.7 Å². The van der Waals surface area contributed by atoms with Crippen LogP contribution in [-0.2, 0) is 25.5 Å². The lowest BCUT2D eigenvalue weighted by atomic mass is 10.0. The van der Waals surface area contributed by atoms with Crippen LogP contribution in [0.25, 0.3) is 0 Å². The number of hydrogen-bond donors (Lipinski definition) is 2. The van der Waals surface area contributed by atoms with E-state index in [-0.39, 0.29) is 18.2 Å². The second kappa shape index (κ2) is 7.89. The lowest BCUT2D eigenvalue weighted by Crippen LogP contribution is -2.45. The van der Waals surface area contributed by atoms with Crippen LogP contribution in [0.5, 0.6) is 0 Å². The summed E-state index contributed by atoms with van der Waals surface area (Å²) in [5.74, 6) is -0.338. The van der Waals surface area contributed by atoms with Crippen LogP contribution in [0.3, 0.4) is 0 Å². The third-order valence-corrected chi connectivity index (χ3v) is 3.88. The summed E-state index contributed by atoms with van der Waals surface area (Å²) in [5, 5.41) is 5.55. The van der Waals surface area contributed by atoms with Crippen molar-refractivity contribution in [1.29, 1.82) is 0 Å². The van der Waals surface area contributed by atoms with Gasteiger partial charge in [0.25, 0.3) is 0 Å². The first-order valence-corrected chi connectivity index (χ1v) is 7.49. The lowest BCUT2D eigenvalue weighted by Gasteiger charge is -2.25. The van der Waals surface area contributed by atoms with Gasteiger partial charge in [-0.2, -0.15) is 0 Å². The fourth-order valence-corrected chi connectivity index (χ4v) is 2.37. The third kappa shape index (κ3) is 4.91. The van der Waals surface area contributed by atoms with Crippen molar-refractivity contribution in [3.8, 4) is 0 Å². The Morgan fingerprint density at radius 3 is 2.70 bits per heavy atom. The Bertz CT molecular complexity index is 562. The zero-order valence-corrected chi connectivity index (χ0v) is 13.3. The molecule has 23 heavy (non-hydrogen) atoms. The number of carbonyl (C=O) groups excluding carboxylic acids is 2. The predicted octanol–water partition coefficient (Wildman–Crippen LogP) is 1.28. The minimum atomic E-state index is -0.408. The minimum absolute atomic E-state index is 0.0730. The number of methoxy groups -OCH3 is 1. The molecule has 1 fully saturated rings. The molecule has 0 bridgehead atoms. The number of hydrogen-bond acceptors (Lipinski definition) is 4. The summed E-state index contributed by atoms with van der Waals surface area (Å²) in [6, 6.07) is 7.13. The molecule has 0 aromatic heterocycles. The molecule has 1 heterocycles. The van der Waals surface area contributed by atoms with Crippen LogP contribution in [0, 0.1) is 0 Å². The van der Waals surface area contributed by atoms with Crippen LogP contribution >= 0.6 is 0 Å². The summed E-state index contributed by atoms with van der Waals surface area (Å²) in [7, 11) is 1.64. The molecule has 1 aliphatic rings. The van der Waals surface area contributed by atoms with Gasteiger partial charge in [0.15, 0.2) is 0 Å². The van der Waals surface area contributed by atoms with Gasteiger partial charge in [0, 0.05) is 32.4 Å². The molecule has 124 valence electrons. The zero-order valence-electron chi connectivity index (χ0n) is 13.3. The maximum Gasteiger partial charge on any atom is 0.247 e. The van der Waals surface area contributed by atoms with Gasteiger partial charge in [-0.15, -0.1) is 0 Å². The third-order valence-electron chi connectivity index (χ3n) is 3.88. The smallest absolute Gasteiger partial charge is 0.247 e. The Labute approximate surface area is 135 Å². The number of carbonyl (C=O) groups is 2. The Morgan fingerprint density at radius 1 is 1.39 bits per heavy atom. The molecule has 2 rings (SSSR count). The van der Waals surface area contributed by atoms with E-state index in [4.69, 9.17) is 9.47 Å². The first kappa shape index (κ1) is 17.2. The van der Waals surface area contributed by atoms with E-state index in [1.807, 2.05) is 12.1 Å². The van der Waals surface area contributed by atoms with Gasteiger partial charge in [0.05, 0.1) is 13.0 Å². The molecule has 0 aliphatic carbocycles. The minimum Gasteiger partial charge on any atom is -0.378 e. The molecule has 0 spiro atoms. The van der Waals surface area contributed by atoms with Crippen molar-refractivity contribution in [2.24, 2.45) is 0 Å². The predicted molar refractivity (Wildman–Crippen MR) is 87.2 cm³/mol. The summed E-state index contributed by atoms with van der Waals surface area (Å²) >= 11 is 0. The standard InChI is InChI=1S/C17H22N2O4/c1-3-15(20)19-14-6-4-13(5-7-14)10-16(21)18-11-17(22-2)8-9-23-12-17/h3-7H,1,8-12H2,2H3,(H,18,21)(H,19,20). The van der Waals surface area contributed by atoms with Gasteiger partial charge in [-0.3, -0.25) is 9.59 Å². The molecule has 1 aromatic rings. The van der Waals surface area contributed by atoms with Crippen molar-refractivity contribution in [3.63, 3.8) is 0 Å². The second-order valence-electron chi connectivity index (χ2n) is 5.53. The fraction of sp³-hybridized carbons (Fsp3) is 0.412. The van der Waals surface area contributed by atoms with Crippen molar-refractivity contribution in [2.45, 2.75) is 18.4 Å². The molecular weight excluding hydrogens is 296 g/mol. The van der Waals surface area contributed by atoms with E-state index in [1.165, 1.54) is 6.08 Å². The molecule has 6 nitrogen and oxygen atoms in total. The SMILES string of the molecule is C=CC(=O)Nc1ccc(CC(=O)NCC2(OC)CCOC2)cc1. The Balaban J connectivity index is 1.83. The summed E-state index contributed by atoms with van der Waals surface area (Å²) in [6.45, 7) is 4.99. The summed E-state index contributed by atoms with van der Waals surface area (Å²) in [4.78, 5) is 23.2. The van der Waals surface area contributed by atoms with Crippen molar-refractivity contribution in [2.75, 3.05) is 32.2 Å². The Morgan fingerprint density at radius 2 is 2.13 bits per heavy atom. The summed E-state index contributed by atoms with van der Waals surface area (Å²) in [5.41, 5.74) is 1.13. The van der Waals surface area contributed by atoms with E-state index in [2.05, 4.69) is 17.2 Å². The van der Waals surface area contributed by atoms with Gasteiger partial charge in [0.2, 0.25) is 11.8 Å². The van der Waals surface area contributed by atoms with Gasteiger partial charge in [0.1, 0.15) is 5.60 Å². The second-order valence-corrected chi connectivity index (χ2v) is 5.53. The molecule has 2 amide bonds. The number of benzene rings is 1. The van der Waals surface area contributed by atoms with E-state index >= 15 is 0 Å². The van der Waals surface area contributed by atoms with E-state index in [0.717, 1.165) is 12.0 Å². The van der Waals surface area contributed by atoms with Crippen molar-refractivity contribution in [1.82, 2.24) is 5.32 Å². The number of amides is 2. The van der Waals surface area contributed by atoms with Gasteiger partial charge in [-0.05, 0) is 23.8 Å². The summed E-state index contributed by atoms with van der Waals surface area (Å²) < 4.78 is 10.8. The monoisotopic (exact) mass is 318 g/mol. The molecule has 1 atom stereocenters. The quantitative estimate of drug-likeness (QED) is 0.743. The van der Waals surface area contributed by atoms with Gasteiger partial charge in [-0.1, -0.05) is 18.7 Å². The number of nitrogens with one attached hydrogen (secondary N) is 2. The van der Waals surface area contributed by atoms with E-state index < -0.39 is 5.60 Å². The first-order valence-electron chi connectivity index (χ1n) is 7.49. The van der Waals surface area contributed by atoms with Crippen LogP contribution in [0.4, 0.5) is 5.69 Å². The van der Waals surface area contributed by atoms with E-state index in [9.17, 15) is 9.59 Å². The molecule has 1 unspecified atom stereocenters. The molecular formula is C17H22N2O4. The highest BCUT2D eigenvalue weighted by Crippen LogP contribution is 2.21. The van der Waals surface area contributed by atoms with Crippen molar-refractivity contribution in [3.05, 3.63) is 42.5 Å². The number of rotatable bonds is 7. The number of ether oxygens (including phenoxy) is 2. The van der Waals surface area contributed by atoms with E-state index in [0.29, 0.717) is 25.4 Å². The highest BCUT2D eigenvalue weighted by atomic mass is 16.5. The van der Waals surface area contributed by atoms with Gasteiger partial charge in [-0.25, -0.2) is 0 Å². The molecule has 0 saturated carbocycles. The molecule has 1 aromatic carbocycles. The van der Waals surface area contributed by atoms with E-state index in [1.54, 1.807) is 19.2 Å². The van der Waals surface area contributed by atoms with Gasteiger partial charge < -0.3 is 20.1 Å².